The highest BCUT2D eigenvalue weighted by molar-refractivity contribution is 8.00. The number of aliphatic hydroxyl groups excluding tert-OH is 1. The van der Waals surface area contributed by atoms with Gasteiger partial charge in [-0.2, -0.15) is 0 Å². The van der Waals surface area contributed by atoms with Crippen LogP contribution in [0, 0.1) is 15.9 Å². The third kappa shape index (κ3) is 5.26. The predicted octanol–water partition coefficient (Wildman–Crippen LogP) is 6.16. The number of ketones is 1. The highest BCUT2D eigenvalue weighted by Crippen LogP contribution is 2.44. The number of carbonyl (C=O) groups excluding carboxylic acids is 2. The number of non-ortho nitro benzene ring substituents is 1. The number of thioether (sulfide) groups is 1. The van der Waals surface area contributed by atoms with Crippen LogP contribution in [0.5, 0.6) is 0 Å². The lowest BCUT2D eigenvalue weighted by Gasteiger charge is -2.22. The van der Waals surface area contributed by atoms with Gasteiger partial charge in [0.2, 0.25) is 5.13 Å². The topological polar surface area (TPSA) is 127 Å². The van der Waals surface area contributed by atoms with Gasteiger partial charge in [0.15, 0.2) is 4.34 Å². The van der Waals surface area contributed by atoms with Gasteiger partial charge in [-0.1, -0.05) is 52.9 Å². The first-order chi connectivity index (χ1) is 18.7. The standard InChI is InChI=1S/C26H16ClFN4O5S2/c27-17-9-5-15(6-10-17)22(33)20-21(14-7-11-18(12-8-14)32(36)37)31(24(35)23(20)34)25-29-30-26(39-25)38-13-16-3-1-2-4-19(16)28/h1-12,21,33H,13H2/b22-20-. The smallest absolute Gasteiger partial charge is 0.301 e. The fraction of sp³-hybridized carbons (Fsp3) is 0.0769. The van der Waals surface area contributed by atoms with Gasteiger partial charge in [0, 0.05) is 28.5 Å². The van der Waals surface area contributed by atoms with Crippen molar-refractivity contribution in [3.05, 3.63) is 116 Å². The zero-order valence-electron chi connectivity index (χ0n) is 19.7. The van der Waals surface area contributed by atoms with Crippen molar-refractivity contribution in [2.75, 3.05) is 4.90 Å². The first-order valence-electron chi connectivity index (χ1n) is 11.3. The van der Waals surface area contributed by atoms with Gasteiger partial charge >= 0.3 is 5.91 Å². The molecule has 1 atom stereocenters. The van der Waals surface area contributed by atoms with E-state index in [2.05, 4.69) is 10.2 Å². The van der Waals surface area contributed by atoms with Gasteiger partial charge in [0.25, 0.3) is 11.5 Å². The zero-order valence-corrected chi connectivity index (χ0v) is 22.0. The molecule has 4 aromatic rings. The third-order valence-electron chi connectivity index (χ3n) is 5.89. The van der Waals surface area contributed by atoms with E-state index in [1.807, 2.05) is 0 Å². The summed E-state index contributed by atoms with van der Waals surface area (Å²) in [4.78, 5) is 38.2. The molecule has 0 radical (unpaired) electrons. The lowest BCUT2D eigenvalue weighted by molar-refractivity contribution is -0.384. The molecule has 0 bridgehead atoms. The van der Waals surface area contributed by atoms with Gasteiger partial charge in [-0.15, -0.1) is 10.2 Å². The quantitative estimate of drug-likeness (QED) is 0.0522. The number of nitro benzene ring substituents is 1. The second kappa shape index (κ2) is 10.9. The summed E-state index contributed by atoms with van der Waals surface area (Å²) in [5.41, 5.74) is 0.658. The Morgan fingerprint density at radius 1 is 1.08 bits per heavy atom. The fourth-order valence-corrected chi connectivity index (χ4v) is 5.98. The summed E-state index contributed by atoms with van der Waals surface area (Å²) in [5, 5.41) is 31.0. The van der Waals surface area contributed by atoms with Crippen molar-refractivity contribution >= 4 is 63.0 Å². The number of aromatic nitrogens is 2. The fourth-order valence-electron chi connectivity index (χ4n) is 4.00. The minimum absolute atomic E-state index is 0.0756. The van der Waals surface area contributed by atoms with Crippen LogP contribution in [0.4, 0.5) is 15.2 Å². The monoisotopic (exact) mass is 582 g/mol. The minimum Gasteiger partial charge on any atom is -0.507 e. The summed E-state index contributed by atoms with van der Waals surface area (Å²) in [5.74, 6) is -2.44. The van der Waals surface area contributed by atoms with Crippen molar-refractivity contribution in [3.8, 4) is 0 Å². The molecule has 0 spiro atoms. The number of amides is 1. The van der Waals surface area contributed by atoms with Crippen molar-refractivity contribution in [1.82, 2.24) is 10.2 Å². The van der Waals surface area contributed by atoms with Gasteiger partial charge in [-0.25, -0.2) is 4.39 Å². The van der Waals surface area contributed by atoms with Gasteiger partial charge in [-0.3, -0.25) is 24.6 Å². The van der Waals surface area contributed by atoms with E-state index in [1.165, 1.54) is 66.4 Å². The molecule has 1 aliphatic rings. The number of aliphatic hydroxyl groups is 1. The Kier molecular flexibility index (Phi) is 7.42. The summed E-state index contributed by atoms with van der Waals surface area (Å²) in [6, 6.07) is 16.5. The van der Waals surface area contributed by atoms with Gasteiger partial charge in [-0.05, 0) is 53.6 Å². The van der Waals surface area contributed by atoms with E-state index in [4.69, 9.17) is 11.6 Å². The normalized spacial score (nSPS) is 16.6. The van der Waals surface area contributed by atoms with Crippen LogP contribution in [0.1, 0.15) is 22.7 Å². The molecule has 1 fully saturated rings. The third-order valence-corrected chi connectivity index (χ3v) is 8.25. The summed E-state index contributed by atoms with van der Waals surface area (Å²) < 4.78 is 14.4. The maximum atomic E-state index is 14.0. The average Bonchev–Trinajstić information content (AvgIpc) is 3.50. The number of rotatable bonds is 7. The van der Waals surface area contributed by atoms with Crippen LogP contribution in [0.3, 0.4) is 0 Å². The molecule has 196 valence electrons. The number of Topliss-reactive ketones (excluding diaryl/α,β-unsaturated/α-hetero) is 1. The Morgan fingerprint density at radius 3 is 2.44 bits per heavy atom. The zero-order chi connectivity index (χ0) is 27.7. The van der Waals surface area contributed by atoms with Crippen molar-refractivity contribution in [3.63, 3.8) is 0 Å². The molecular formula is C26H16ClFN4O5S2. The van der Waals surface area contributed by atoms with Crippen molar-refractivity contribution < 1.29 is 24.0 Å². The highest BCUT2D eigenvalue weighted by atomic mass is 35.5. The molecule has 0 saturated carbocycles. The van der Waals surface area contributed by atoms with Crippen LogP contribution in [0.25, 0.3) is 5.76 Å². The largest absolute Gasteiger partial charge is 0.507 e. The molecule has 3 aromatic carbocycles. The van der Waals surface area contributed by atoms with Crippen LogP contribution in [-0.2, 0) is 15.3 Å². The highest BCUT2D eigenvalue weighted by Gasteiger charge is 2.48. The molecule has 1 aliphatic heterocycles. The van der Waals surface area contributed by atoms with Gasteiger partial charge < -0.3 is 5.11 Å². The SMILES string of the molecule is O=C1C(=O)N(c2nnc(SCc3ccccc3F)s2)C(c2ccc([N+](=O)[O-])cc2)/C1=C(/O)c1ccc(Cl)cc1. The second-order valence-electron chi connectivity index (χ2n) is 8.26. The number of benzene rings is 3. The summed E-state index contributed by atoms with van der Waals surface area (Å²) >= 11 is 8.18. The number of nitro groups is 1. The van der Waals surface area contributed by atoms with E-state index >= 15 is 0 Å². The second-order valence-corrected chi connectivity index (χ2v) is 10.9. The summed E-state index contributed by atoms with van der Waals surface area (Å²) in [6.45, 7) is 0. The van der Waals surface area contributed by atoms with Gasteiger partial charge in [0.05, 0.1) is 16.5 Å². The molecular weight excluding hydrogens is 567 g/mol. The van der Waals surface area contributed by atoms with Crippen LogP contribution in [0.15, 0.2) is 82.7 Å². The number of hydrogen-bond donors (Lipinski definition) is 1. The average molecular weight is 583 g/mol. The Labute approximate surface area is 233 Å². The summed E-state index contributed by atoms with van der Waals surface area (Å²) in [7, 11) is 0. The maximum Gasteiger partial charge on any atom is 0.301 e. The van der Waals surface area contributed by atoms with Crippen molar-refractivity contribution in [1.29, 1.82) is 0 Å². The molecule has 0 aliphatic carbocycles. The van der Waals surface area contributed by atoms with E-state index < -0.39 is 28.4 Å². The molecule has 1 N–H and O–H groups in total. The maximum absolute atomic E-state index is 14.0. The molecule has 39 heavy (non-hydrogen) atoms. The lowest BCUT2D eigenvalue weighted by Crippen LogP contribution is -2.29. The van der Waals surface area contributed by atoms with E-state index in [0.717, 1.165) is 16.2 Å². The predicted molar refractivity (Wildman–Crippen MR) is 145 cm³/mol. The minimum atomic E-state index is -1.14. The van der Waals surface area contributed by atoms with Crippen LogP contribution in [-0.4, -0.2) is 31.9 Å². The Bertz CT molecular complexity index is 1630. The van der Waals surface area contributed by atoms with E-state index in [9.17, 15) is 29.2 Å². The van der Waals surface area contributed by atoms with Gasteiger partial charge in [0.1, 0.15) is 11.6 Å². The van der Waals surface area contributed by atoms with Crippen LogP contribution < -0.4 is 4.90 Å². The van der Waals surface area contributed by atoms with Crippen LogP contribution >= 0.6 is 34.7 Å². The van der Waals surface area contributed by atoms with E-state index in [-0.39, 0.29) is 33.5 Å². The first kappa shape index (κ1) is 26.5. The molecule has 1 amide bonds. The van der Waals surface area contributed by atoms with E-state index in [0.29, 0.717) is 20.5 Å². The van der Waals surface area contributed by atoms with E-state index in [1.54, 1.807) is 18.2 Å². The summed E-state index contributed by atoms with van der Waals surface area (Å²) in [6.07, 6.45) is 0. The Morgan fingerprint density at radius 2 is 1.77 bits per heavy atom. The molecule has 1 aromatic heterocycles. The number of anilines is 1. The molecule has 5 rings (SSSR count). The first-order valence-corrected chi connectivity index (χ1v) is 13.4. The number of carbonyl (C=O) groups is 2. The molecule has 1 unspecified atom stereocenters. The molecule has 9 nitrogen and oxygen atoms in total. The molecule has 1 saturated heterocycles. The number of halogens is 2. The Hall–Kier alpha value is -4.13. The van der Waals surface area contributed by atoms with Crippen molar-refractivity contribution in [2.24, 2.45) is 0 Å². The molecule has 2 heterocycles. The van der Waals surface area contributed by atoms with Crippen LogP contribution in [0.2, 0.25) is 5.02 Å². The number of hydrogen-bond acceptors (Lipinski definition) is 9. The Balaban J connectivity index is 1.55. The lowest BCUT2D eigenvalue weighted by atomic mass is 9.95. The van der Waals surface area contributed by atoms with Crippen molar-refractivity contribution in [2.45, 2.75) is 16.1 Å². The number of nitrogens with zero attached hydrogens (tertiary/aromatic N) is 4. The molecule has 13 heteroatoms.